The molecule has 7 nitrogen and oxygen atoms in total. The molecule has 1 unspecified atom stereocenters. The number of azide groups is 1. The molecule has 19 heavy (non-hydrogen) atoms. The van der Waals surface area contributed by atoms with Gasteiger partial charge in [-0.3, -0.25) is 9.69 Å². The number of nitrogens with zero attached hydrogens (tertiary/aromatic N) is 4. The first kappa shape index (κ1) is 15.8. The zero-order valence-electron chi connectivity index (χ0n) is 11.6. The summed E-state index contributed by atoms with van der Waals surface area (Å²) in [6.45, 7) is 6.91. The summed E-state index contributed by atoms with van der Waals surface area (Å²) >= 11 is 0. The summed E-state index contributed by atoms with van der Waals surface area (Å²) in [6.07, 6.45) is 1.16. The fourth-order valence-corrected chi connectivity index (χ4v) is 2.12. The summed E-state index contributed by atoms with van der Waals surface area (Å²) in [7, 11) is 0. The van der Waals surface area contributed by atoms with Gasteiger partial charge in [0, 0.05) is 30.5 Å². The molecule has 0 N–H and O–H groups in total. The van der Waals surface area contributed by atoms with E-state index in [-0.39, 0.29) is 12.1 Å². The van der Waals surface area contributed by atoms with Gasteiger partial charge in [-0.2, -0.15) is 0 Å². The maximum absolute atomic E-state index is 11.3. The van der Waals surface area contributed by atoms with Crippen molar-refractivity contribution in [3.63, 3.8) is 0 Å². The third-order valence-electron chi connectivity index (χ3n) is 3.21. The average Bonchev–Trinajstić information content (AvgIpc) is 2.43. The molecular weight excluding hydrogens is 248 g/mol. The number of hydrogen-bond donors (Lipinski definition) is 0. The number of hydrogen-bond acceptors (Lipinski definition) is 5. The lowest BCUT2D eigenvalue weighted by atomic mass is 10.1. The Morgan fingerprint density at radius 3 is 3.16 bits per heavy atom. The van der Waals surface area contributed by atoms with E-state index < -0.39 is 0 Å². The van der Waals surface area contributed by atoms with Crippen LogP contribution in [0.15, 0.2) is 5.11 Å². The Morgan fingerprint density at radius 1 is 1.68 bits per heavy atom. The lowest BCUT2D eigenvalue weighted by Gasteiger charge is -2.36. The molecular formula is C12H22N4O3. The van der Waals surface area contributed by atoms with Crippen LogP contribution in [-0.4, -0.2) is 55.9 Å². The Morgan fingerprint density at radius 2 is 2.47 bits per heavy atom. The summed E-state index contributed by atoms with van der Waals surface area (Å²) in [5.74, 6) is -0.145. The van der Waals surface area contributed by atoms with E-state index in [9.17, 15) is 4.79 Å². The van der Waals surface area contributed by atoms with Crippen LogP contribution in [0, 0.1) is 0 Å². The highest BCUT2D eigenvalue weighted by Gasteiger charge is 2.23. The minimum atomic E-state index is -0.145. The zero-order valence-corrected chi connectivity index (χ0v) is 11.6. The van der Waals surface area contributed by atoms with Gasteiger partial charge in [0.05, 0.1) is 25.9 Å². The molecule has 1 fully saturated rings. The normalized spacial score (nSPS) is 21.5. The van der Waals surface area contributed by atoms with Crippen molar-refractivity contribution in [1.29, 1.82) is 0 Å². The van der Waals surface area contributed by atoms with E-state index in [1.165, 1.54) is 0 Å². The number of ether oxygens (including phenoxy) is 2. The Balaban J connectivity index is 2.32. The summed E-state index contributed by atoms with van der Waals surface area (Å²) in [5, 5.41) is 3.54. The minimum absolute atomic E-state index is 0.0466. The summed E-state index contributed by atoms with van der Waals surface area (Å²) in [4.78, 5) is 16.3. The maximum atomic E-state index is 11.3. The van der Waals surface area contributed by atoms with E-state index in [1.807, 2.05) is 6.92 Å². The molecule has 0 aromatic rings. The van der Waals surface area contributed by atoms with E-state index in [2.05, 4.69) is 21.8 Å². The van der Waals surface area contributed by atoms with Gasteiger partial charge >= 0.3 is 5.97 Å². The highest BCUT2D eigenvalue weighted by atomic mass is 16.5. The molecule has 2 atom stereocenters. The first-order chi connectivity index (χ1) is 9.17. The maximum Gasteiger partial charge on any atom is 0.305 e. The van der Waals surface area contributed by atoms with Crippen molar-refractivity contribution < 1.29 is 14.3 Å². The van der Waals surface area contributed by atoms with Crippen molar-refractivity contribution in [2.24, 2.45) is 5.11 Å². The number of esters is 1. The second kappa shape index (κ2) is 8.74. The van der Waals surface area contributed by atoms with Gasteiger partial charge in [-0.05, 0) is 25.8 Å². The fourth-order valence-electron chi connectivity index (χ4n) is 2.12. The van der Waals surface area contributed by atoms with Crippen LogP contribution in [0.3, 0.4) is 0 Å². The van der Waals surface area contributed by atoms with Crippen LogP contribution < -0.4 is 0 Å². The first-order valence-corrected chi connectivity index (χ1v) is 6.69. The highest BCUT2D eigenvalue weighted by molar-refractivity contribution is 5.69. The number of carbonyl (C=O) groups is 1. The number of carbonyl (C=O) groups excluding carboxylic acids is 1. The van der Waals surface area contributed by atoms with Crippen LogP contribution in [0.2, 0.25) is 0 Å². The molecule has 0 aromatic heterocycles. The number of rotatable bonds is 7. The molecule has 7 heteroatoms. The van der Waals surface area contributed by atoms with Crippen LogP contribution in [-0.2, 0) is 14.3 Å². The van der Waals surface area contributed by atoms with Crippen molar-refractivity contribution >= 4 is 5.97 Å². The first-order valence-electron chi connectivity index (χ1n) is 6.69. The van der Waals surface area contributed by atoms with Gasteiger partial charge in [0.15, 0.2) is 0 Å². The van der Waals surface area contributed by atoms with Crippen molar-refractivity contribution in [1.82, 2.24) is 4.90 Å². The minimum Gasteiger partial charge on any atom is -0.466 e. The second-order valence-corrected chi connectivity index (χ2v) is 4.59. The number of morpholine rings is 1. The standard InChI is InChI=1S/C12H22N4O3/c1-3-18-12(17)5-4-10(2)16-6-7-19-11(9-16)8-14-15-13/h10-11H,3-9H2,1-2H3/t10?,11-/m1/s1. The Labute approximate surface area is 113 Å². The molecule has 1 rings (SSSR count). The van der Waals surface area contributed by atoms with Gasteiger partial charge < -0.3 is 9.47 Å². The summed E-state index contributed by atoms with van der Waals surface area (Å²) in [5.41, 5.74) is 8.31. The highest BCUT2D eigenvalue weighted by Crippen LogP contribution is 2.13. The van der Waals surface area contributed by atoms with E-state index in [4.69, 9.17) is 15.0 Å². The molecule has 0 aromatic carbocycles. The van der Waals surface area contributed by atoms with Gasteiger partial charge in [0.2, 0.25) is 0 Å². The molecule has 0 amide bonds. The van der Waals surface area contributed by atoms with Crippen LogP contribution in [0.25, 0.3) is 10.4 Å². The van der Waals surface area contributed by atoms with Gasteiger partial charge in [0.1, 0.15) is 0 Å². The monoisotopic (exact) mass is 270 g/mol. The van der Waals surface area contributed by atoms with Crippen molar-refractivity contribution in [2.45, 2.75) is 38.8 Å². The van der Waals surface area contributed by atoms with Crippen LogP contribution in [0.4, 0.5) is 0 Å². The van der Waals surface area contributed by atoms with E-state index in [0.29, 0.717) is 32.2 Å². The summed E-state index contributed by atoms with van der Waals surface area (Å²) < 4.78 is 10.4. The predicted molar refractivity (Wildman–Crippen MR) is 70.7 cm³/mol. The molecule has 1 saturated heterocycles. The lowest BCUT2D eigenvalue weighted by Crippen LogP contribution is -2.47. The molecule has 1 aliphatic heterocycles. The zero-order chi connectivity index (χ0) is 14.1. The largest absolute Gasteiger partial charge is 0.466 e. The van der Waals surface area contributed by atoms with E-state index in [0.717, 1.165) is 19.5 Å². The third kappa shape index (κ3) is 5.92. The van der Waals surface area contributed by atoms with Gasteiger partial charge in [-0.1, -0.05) is 5.11 Å². The molecule has 108 valence electrons. The topological polar surface area (TPSA) is 87.5 Å². The smallest absolute Gasteiger partial charge is 0.305 e. The quantitative estimate of drug-likeness (QED) is 0.305. The van der Waals surface area contributed by atoms with Crippen LogP contribution in [0.1, 0.15) is 26.7 Å². The Bertz CT molecular complexity index is 331. The molecule has 0 aliphatic carbocycles. The van der Waals surface area contributed by atoms with Gasteiger partial charge in [0.25, 0.3) is 0 Å². The predicted octanol–water partition coefficient (Wildman–Crippen LogP) is 1.73. The molecule has 0 radical (unpaired) electrons. The van der Waals surface area contributed by atoms with E-state index in [1.54, 1.807) is 0 Å². The van der Waals surface area contributed by atoms with Crippen LogP contribution in [0.5, 0.6) is 0 Å². The lowest BCUT2D eigenvalue weighted by molar-refractivity contribution is -0.143. The van der Waals surface area contributed by atoms with Crippen LogP contribution >= 0.6 is 0 Å². The molecule has 0 bridgehead atoms. The van der Waals surface area contributed by atoms with Crippen molar-refractivity contribution in [3.8, 4) is 0 Å². The third-order valence-corrected chi connectivity index (χ3v) is 3.21. The Hall–Kier alpha value is -1.30. The van der Waals surface area contributed by atoms with Gasteiger partial charge in [-0.25, -0.2) is 0 Å². The molecule has 1 aliphatic rings. The van der Waals surface area contributed by atoms with Crippen molar-refractivity contribution in [3.05, 3.63) is 10.4 Å². The molecule has 0 saturated carbocycles. The fraction of sp³-hybridized carbons (Fsp3) is 0.917. The van der Waals surface area contributed by atoms with Crippen molar-refractivity contribution in [2.75, 3.05) is 32.8 Å². The molecule has 0 spiro atoms. The average molecular weight is 270 g/mol. The molecule has 1 heterocycles. The Kier molecular flexibility index (Phi) is 7.25. The SMILES string of the molecule is CCOC(=O)CCC(C)N1CCO[C@H](CN=[N+]=[N-])C1. The van der Waals surface area contributed by atoms with E-state index >= 15 is 0 Å². The van der Waals surface area contributed by atoms with Gasteiger partial charge in [-0.15, -0.1) is 0 Å². The summed E-state index contributed by atoms with van der Waals surface area (Å²) in [6, 6.07) is 0.293. The second-order valence-electron chi connectivity index (χ2n) is 4.59.